The van der Waals surface area contributed by atoms with Crippen molar-refractivity contribution in [2.45, 2.75) is 87.2 Å². The second kappa shape index (κ2) is 23.8. The monoisotopic (exact) mass is 823 g/mol. The molecule has 0 aromatic heterocycles. The van der Waals surface area contributed by atoms with E-state index in [4.69, 9.17) is 22.9 Å². The Morgan fingerprint density at radius 1 is 0.741 bits per heavy atom. The first-order valence-electron chi connectivity index (χ1n) is 18.2. The van der Waals surface area contributed by atoms with Crippen molar-refractivity contribution >= 4 is 53.3 Å². The van der Waals surface area contributed by atoms with Crippen LogP contribution in [0.2, 0.25) is 0 Å². The van der Waals surface area contributed by atoms with Crippen LogP contribution in [0, 0.1) is 0 Å². The number of aromatic hydroxyl groups is 1. The minimum Gasteiger partial charge on any atom is -0.508 e. The summed E-state index contributed by atoms with van der Waals surface area (Å²) in [6.07, 6.45) is -0.491. The number of phenols is 1. The van der Waals surface area contributed by atoms with Gasteiger partial charge in [0, 0.05) is 25.9 Å². The highest BCUT2D eigenvalue weighted by Crippen LogP contribution is 2.21. The number of hydrogen-bond donors (Lipinski definition) is 14. The second-order valence-corrected chi connectivity index (χ2v) is 13.3. The van der Waals surface area contributed by atoms with Gasteiger partial charge in [0.05, 0.1) is 19.8 Å². The van der Waals surface area contributed by atoms with Crippen LogP contribution < -0.4 is 49.5 Å². The van der Waals surface area contributed by atoms with Gasteiger partial charge in [0.1, 0.15) is 48.0 Å². The van der Waals surface area contributed by atoms with Crippen LogP contribution in [0.4, 0.5) is 0 Å². The second-order valence-electron chi connectivity index (χ2n) is 13.3. The van der Waals surface area contributed by atoms with Gasteiger partial charge in [-0.1, -0.05) is 12.1 Å². The summed E-state index contributed by atoms with van der Waals surface area (Å²) in [6.45, 7) is -2.68. The predicted molar refractivity (Wildman–Crippen MR) is 201 cm³/mol. The minimum absolute atomic E-state index is 0.00962. The number of aliphatic carboxylic acids is 1. The number of carbonyl (C=O) groups excluding carboxylic acids is 7. The first kappa shape index (κ1) is 48.0. The Bertz CT molecular complexity index is 1640. The maximum absolute atomic E-state index is 14.2. The summed E-state index contributed by atoms with van der Waals surface area (Å²) < 4.78 is 0. The largest absolute Gasteiger partial charge is 0.508 e. The van der Waals surface area contributed by atoms with Crippen LogP contribution in [0.3, 0.4) is 0 Å². The molecule has 1 aromatic rings. The number of likely N-dealkylation sites (tertiary alicyclic amines) is 1. The lowest BCUT2D eigenvalue weighted by Crippen LogP contribution is -2.60. The molecule has 58 heavy (non-hydrogen) atoms. The molecular weight excluding hydrogens is 770 g/mol. The number of benzene rings is 1. The molecule has 24 nitrogen and oxygen atoms in total. The molecule has 0 unspecified atom stereocenters. The Labute approximate surface area is 332 Å². The lowest BCUT2D eigenvalue weighted by molar-refractivity contribution is -0.143. The summed E-state index contributed by atoms with van der Waals surface area (Å²) in [7, 11) is 0. The molecule has 0 saturated carbocycles. The molecule has 1 aromatic carbocycles. The molecule has 0 aliphatic carbocycles. The molecule has 24 heteroatoms. The minimum atomic E-state index is -1.71. The lowest BCUT2D eigenvalue weighted by Gasteiger charge is -2.31. The van der Waals surface area contributed by atoms with Crippen molar-refractivity contribution in [2.24, 2.45) is 27.9 Å². The Morgan fingerprint density at radius 2 is 1.29 bits per heavy atom. The number of aliphatic hydroxyl groups excluding tert-OH is 3. The van der Waals surface area contributed by atoms with Crippen LogP contribution >= 0.6 is 0 Å². The molecule has 1 fully saturated rings. The van der Waals surface area contributed by atoms with Gasteiger partial charge in [0.2, 0.25) is 41.4 Å². The number of carboxylic acid groups (broad SMARTS) is 1. The maximum atomic E-state index is 14.2. The number of guanidine groups is 1. The fourth-order valence-corrected chi connectivity index (χ4v) is 5.72. The highest BCUT2D eigenvalue weighted by molar-refractivity contribution is 5.97. The maximum Gasteiger partial charge on any atom is 0.328 e. The molecule has 18 N–H and O–H groups in total. The number of aliphatic imine (C=N–C) groups is 1. The van der Waals surface area contributed by atoms with E-state index in [1.807, 2.05) is 0 Å². The third-order valence-electron chi connectivity index (χ3n) is 8.87. The van der Waals surface area contributed by atoms with E-state index in [1.165, 1.54) is 24.3 Å². The summed E-state index contributed by atoms with van der Waals surface area (Å²) in [5.41, 5.74) is 21.9. The zero-order chi connectivity index (χ0) is 43.5. The van der Waals surface area contributed by atoms with Gasteiger partial charge in [-0.05, 0) is 49.8 Å². The summed E-state index contributed by atoms with van der Waals surface area (Å²) in [5.74, 6) is -8.28. The standard InChI is InChI=1S/C34H53N11O13/c35-19(14-46)27(51)40-21(9-10-26(36)50)29(53)42-22(13-17-5-7-18(49)8-6-17)32(56)45-12-2-4-25(45)31(55)43-23(15-47)30(54)41-20(3-1-11-39-34(37)38)28(52)44-24(16-48)33(57)58/h5-8,19-25,46-49H,1-4,9-16,35H2,(H2,36,50)(H,40,51)(H,41,54)(H,42,53)(H,43,55)(H,44,52)(H,57,58)(H4,37,38,39)/t19-,20-,21-,22-,23-,24-,25-/m0/s1. The van der Waals surface area contributed by atoms with Gasteiger partial charge in [-0.2, -0.15) is 0 Å². The fraction of sp³-hybridized carbons (Fsp3) is 0.559. The number of nitrogens with one attached hydrogen (secondary N) is 5. The van der Waals surface area contributed by atoms with Crippen LogP contribution in [0.25, 0.3) is 0 Å². The third kappa shape index (κ3) is 15.4. The van der Waals surface area contributed by atoms with Gasteiger partial charge in [0.15, 0.2) is 5.96 Å². The first-order chi connectivity index (χ1) is 27.4. The SMILES string of the molecule is NC(=O)CC[C@H](NC(=O)[C@@H](N)CO)C(=O)N[C@@H](Cc1ccc(O)cc1)C(=O)N1CCC[C@H]1C(=O)N[C@@H](CO)C(=O)N[C@@H](CCCN=C(N)N)C(=O)N[C@@H](CO)C(=O)O. The molecule has 7 amide bonds. The Hall–Kier alpha value is -6.11. The van der Waals surface area contributed by atoms with E-state index >= 15 is 0 Å². The molecule has 1 aliphatic heterocycles. The average molecular weight is 824 g/mol. The molecule has 1 aliphatic rings. The average Bonchev–Trinajstić information content (AvgIpc) is 3.68. The smallest absolute Gasteiger partial charge is 0.328 e. The van der Waals surface area contributed by atoms with E-state index in [-0.39, 0.29) is 63.3 Å². The lowest BCUT2D eigenvalue weighted by atomic mass is 10.0. The van der Waals surface area contributed by atoms with Crippen molar-refractivity contribution in [1.29, 1.82) is 0 Å². The molecule has 2 rings (SSSR count). The number of hydrogen-bond acceptors (Lipinski definition) is 14. The van der Waals surface area contributed by atoms with Gasteiger partial charge in [-0.3, -0.25) is 38.6 Å². The van der Waals surface area contributed by atoms with Crippen molar-refractivity contribution in [1.82, 2.24) is 31.5 Å². The van der Waals surface area contributed by atoms with E-state index in [2.05, 4.69) is 31.6 Å². The number of nitrogens with two attached hydrogens (primary N) is 4. The van der Waals surface area contributed by atoms with Crippen LogP contribution in [0.5, 0.6) is 5.75 Å². The van der Waals surface area contributed by atoms with Crippen molar-refractivity contribution in [3.05, 3.63) is 29.8 Å². The fourth-order valence-electron chi connectivity index (χ4n) is 5.72. The molecule has 1 heterocycles. The Balaban J connectivity index is 2.32. The van der Waals surface area contributed by atoms with E-state index in [9.17, 15) is 63.9 Å². The number of carboxylic acids is 1. The Kier molecular flexibility index (Phi) is 19.7. The van der Waals surface area contributed by atoms with Crippen molar-refractivity contribution in [3.8, 4) is 5.75 Å². The third-order valence-corrected chi connectivity index (χ3v) is 8.87. The van der Waals surface area contributed by atoms with Crippen LogP contribution in [-0.4, -0.2) is 159 Å². The van der Waals surface area contributed by atoms with Crippen LogP contribution in [0.15, 0.2) is 29.3 Å². The van der Waals surface area contributed by atoms with E-state index in [1.54, 1.807) is 0 Å². The van der Waals surface area contributed by atoms with Crippen LogP contribution in [0.1, 0.15) is 44.1 Å². The van der Waals surface area contributed by atoms with E-state index < -0.39 is 109 Å². The Morgan fingerprint density at radius 3 is 1.84 bits per heavy atom. The number of aliphatic hydroxyl groups is 3. The number of phenolic OH excluding ortho intramolecular Hbond substituents is 1. The normalized spacial score (nSPS) is 16.6. The quantitative estimate of drug-likeness (QED) is 0.0262. The van der Waals surface area contributed by atoms with E-state index in [0.29, 0.717) is 12.0 Å². The zero-order valence-corrected chi connectivity index (χ0v) is 31.5. The number of carbonyl (C=O) groups is 8. The predicted octanol–water partition coefficient (Wildman–Crippen LogP) is -6.94. The topological polar surface area (TPSA) is 418 Å². The highest BCUT2D eigenvalue weighted by Gasteiger charge is 2.40. The number of nitrogens with zero attached hydrogens (tertiary/aromatic N) is 2. The molecule has 0 bridgehead atoms. The summed E-state index contributed by atoms with van der Waals surface area (Å²) in [4.78, 5) is 108. The summed E-state index contributed by atoms with van der Waals surface area (Å²) >= 11 is 0. The number of primary amides is 1. The first-order valence-corrected chi connectivity index (χ1v) is 18.2. The van der Waals surface area contributed by atoms with Gasteiger partial charge in [-0.25, -0.2) is 4.79 Å². The number of amides is 7. The van der Waals surface area contributed by atoms with Crippen LogP contribution in [-0.2, 0) is 44.8 Å². The zero-order valence-electron chi connectivity index (χ0n) is 31.5. The molecule has 322 valence electrons. The molecule has 0 radical (unpaired) electrons. The van der Waals surface area contributed by atoms with Gasteiger partial charge < -0.3 is 80.0 Å². The molecular formula is C34H53N11O13. The van der Waals surface area contributed by atoms with E-state index in [0.717, 1.165) is 4.90 Å². The number of rotatable bonds is 24. The molecule has 0 spiro atoms. The summed E-state index contributed by atoms with van der Waals surface area (Å²) in [5, 5.41) is 59.4. The highest BCUT2D eigenvalue weighted by atomic mass is 16.4. The summed E-state index contributed by atoms with van der Waals surface area (Å²) in [6, 6.07) is -4.69. The van der Waals surface area contributed by atoms with Crippen molar-refractivity contribution in [2.75, 3.05) is 32.9 Å². The molecule has 7 atom stereocenters. The van der Waals surface area contributed by atoms with Gasteiger partial charge in [-0.15, -0.1) is 0 Å². The molecule has 1 saturated heterocycles. The van der Waals surface area contributed by atoms with Gasteiger partial charge >= 0.3 is 5.97 Å². The van der Waals surface area contributed by atoms with Crippen molar-refractivity contribution in [3.63, 3.8) is 0 Å². The van der Waals surface area contributed by atoms with Gasteiger partial charge in [0.25, 0.3) is 0 Å². The van der Waals surface area contributed by atoms with Crippen molar-refractivity contribution < 1.29 is 63.9 Å².